The molecule has 4 aliphatic rings. The minimum Gasteiger partial charge on any atom is -0.375 e. The van der Waals surface area contributed by atoms with E-state index >= 15 is 0 Å². The molecule has 0 bridgehead atoms. The third-order valence-corrected chi connectivity index (χ3v) is 8.17. The molecule has 0 aromatic heterocycles. The van der Waals surface area contributed by atoms with Gasteiger partial charge >= 0.3 is 0 Å². The summed E-state index contributed by atoms with van der Waals surface area (Å²) in [4.78, 5) is 14.7. The first-order chi connectivity index (χ1) is 12.4. The maximum atomic E-state index is 12.7. The second kappa shape index (κ2) is 7.06. The molecule has 1 amide bonds. The zero-order valence-corrected chi connectivity index (χ0v) is 16.7. The van der Waals surface area contributed by atoms with E-state index in [0.29, 0.717) is 12.5 Å². The molecule has 0 aromatic carbocycles. The summed E-state index contributed by atoms with van der Waals surface area (Å²) in [5.41, 5.74) is -0.243. The maximum absolute atomic E-state index is 12.7. The zero-order valence-electron chi connectivity index (χ0n) is 15.9. The van der Waals surface area contributed by atoms with E-state index in [1.54, 1.807) is 4.31 Å². The third kappa shape index (κ3) is 3.80. The monoisotopic (exact) mass is 384 g/mol. The highest BCUT2D eigenvalue weighted by Crippen LogP contribution is 2.41. The molecule has 0 radical (unpaired) electrons. The summed E-state index contributed by atoms with van der Waals surface area (Å²) in [6, 6.07) is 0.262. The number of rotatable bonds is 4. The second-order valence-electron chi connectivity index (χ2n) is 8.81. The third-order valence-electron chi connectivity index (χ3n) is 6.81. The van der Waals surface area contributed by atoms with Crippen molar-refractivity contribution in [1.29, 1.82) is 0 Å². The van der Waals surface area contributed by atoms with Crippen LogP contribution in [0.2, 0.25) is 0 Å². The van der Waals surface area contributed by atoms with Gasteiger partial charge in [-0.25, -0.2) is 8.42 Å². The number of amides is 1. The Morgan fingerprint density at radius 1 is 1.04 bits per heavy atom. The number of sulfonamides is 1. The van der Waals surface area contributed by atoms with Gasteiger partial charge in [0.25, 0.3) is 0 Å². The molecule has 4 rings (SSSR count). The van der Waals surface area contributed by atoms with Crippen LogP contribution in [0.4, 0.5) is 0 Å². The molecule has 1 spiro atoms. The normalized spacial score (nSPS) is 30.2. The molecule has 2 aliphatic carbocycles. The van der Waals surface area contributed by atoms with Crippen molar-refractivity contribution in [1.82, 2.24) is 9.21 Å². The Kier molecular flexibility index (Phi) is 5.07. The average molecular weight is 385 g/mol. The fourth-order valence-electron chi connectivity index (χ4n) is 5.30. The summed E-state index contributed by atoms with van der Waals surface area (Å²) in [5, 5.41) is 0. The van der Waals surface area contributed by atoms with Gasteiger partial charge in [0.1, 0.15) is 0 Å². The molecule has 2 saturated heterocycles. The molecule has 1 atom stereocenters. The molecular formula is C19H32N2O4S. The summed E-state index contributed by atoms with van der Waals surface area (Å²) >= 11 is 0. The standard InChI is InChI=1S/C19H32N2O4S/c1-26(23,24)21(16-6-7-16)17-8-13-25-19(14-17)9-11-20(12-10-19)18(22)15-4-2-3-5-15/h15-17H,2-14H2,1H3. The number of carbonyl (C=O) groups is 1. The Bertz CT molecular complexity index is 632. The fraction of sp³-hybridized carbons (Fsp3) is 0.947. The number of nitrogens with zero attached hydrogens (tertiary/aromatic N) is 2. The van der Waals surface area contributed by atoms with Gasteiger partial charge in [0.2, 0.25) is 15.9 Å². The topological polar surface area (TPSA) is 66.9 Å². The summed E-state index contributed by atoms with van der Waals surface area (Å²) in [6.07, 6.45) is 11.0. The van der Waals surface area contributed by atoms with E-state index in [1.807, 2.05) is 4.90 Å². The molecule has 148 valence electrons. The summed E-state index contributed by atoms with van der Waals surface area (Å²) < 4.78 is 32.6. The van der Waals surface area contributed by atoms with Crippen LogP contribution in [0.3, 0.4) is 0 Å². The van der Waals surface area contributed by atoms with Crippen LogP contribution in [0.25, 0.3) is 0 Å². The van der Waals surface area contributed by atoms with Crippen molar-refractivity contribution in [3.63, 3.8) is 0 Å². The van der Waals surface area contributed by atoms with Crippen molar-refractivity contribution >= 4 is 15.9 Å². The molecular weight excluding hydrogens is 352 g/mol. The largest absolute Gasteiger partial charge is 0.375 e. The SMILES string of the molecule is CS(=O)(=O)N(C1CC1)C1CCOC2(CCN(C(=O)C3CCCC3)CC2)C1. The van der Waals surface area contributed by atoms with Gasteiger partial charge < -0.3 is 9.64 Å². The molecule has 2 heterocycles. The van der Waals surface area contributed by atoms with E-state index in [-0.39, 0.29) is 23.6 Å². The highest BCUT2D eigenvalue weighted by molar-refractivity contribution is 7.88. The molecule has 2 saturated carbocycles. The number of piperidine rings is 1. The molecule has 26 heavy (non-hydrogen) atoms. The highest BCUT2D eigenvalue weighted by Gasteiger charge is 2.47. The van der Waals surface area contributed by atoms with Crippen molar-refractivity contribution in [2.24, 2.45) is 5.92 Å². The summed E-state index contributed by atoms with van der Waals surface area (Å²) in [6.45, 7) is 2.13. The number of hydrogen-bond acceptors (Lipinski definition) is 4. The minimum absolute atomic E-state index is 0.0586. The predicted molar refractivity (Wildman–Crippen MR) is 99.2 cm³/mol. The van der Waals surface area contributed by atoms with Crippen LogP contribution < -0.4 is 0 Å². The average Bonchev–Trinajstić information content (AvgIpc) is 3.25. The maximum Gasteiger partial charge on any atom is 0.225 e. The molecule has 7 heteroatoms. The van der Waals surface area contributed by atoms with Crippen molar-refractivity contribution < 1.29 is 17.9 Å². The number of ether oxygens (including phenoxy) is 1. The van der Waals surface area contributed by atoms with Crippen LogP contribution in [-0.4, -0.2) is 67.2 Å². The molecule has 2 aliphatic heterocycles. The van der Waals surface area contributed by atoms with Gasteiger partial charge in [-0.05, 0) is 51.4 Å². The predicted octanol–water partition coefficient (Wildman–Crippen LogP) is 2.14. The van der Waals surface area contributed by atoms with Gasteiger partial charge in [-0.1, -0.05) is 12.8 Å². The van der Waals surface area contributed by atoms with E-state index in [1.165, 1.54) is 19.1 Å². The Hall–Kier alpha value is -0.660. The molecule has 0 N–H and O–H groups in total. The lowest BCUT2D eigenvalue weighted by molar-refractivity contribution is -0.150. The van der Waals surface area contributed by atoms with Crippen LogP contribution >= 0.6 is 0 Å². The van der Waals surface area contributed by atoms with E-state index in [2.05, 4.69) is 0 Å². The van der Waals surface area contributed by atoms with E-state index in [9.17, 15) is 13.2 Å². The van der Waals surface area contributed by atoms with Crippen LogP contribution in [0.15, 0.2) is 0 Å². The van der Waals surface area contributed by atoms with Gasteiger partial charge in [0.05, 0.1) is 11.9 Å². The fourth-order valence-corrected chi connectivity index (χ4v) is 6.78. The first-order valence-electron chi connectivity index (χ1n) is 10.3. The summed E-state index contributed by atoms with van der Waals surface area (Å²) in [7, 11) is -3.18. The first-order valence-corrected chi connectivity index (χ1v) is 12.1. The smallest absolute Gasteiger partial charge is 0.225 e. The van der Waals surface area contributed by atoms with Crippen LogP contribution in [0, 0.1) is 5.92 Å². The molecule has 0 aromatic rings. The second-order valence-corrected chi connectivity index (χ2v) is 10.7. The Balaban J connectivity index is 1.39. The minimum atomic E-state index is -3.18. The first kappa shape index (κ1) is 18.7. The lowest BCUT2D eigenvalue weighted by atomic mass is 9.82. The van der Waals surface area contributed by atoms with E-state index < -0.39 is 10.0 Å². The number of carbonyl (C=O) groups excluding carboxylic acids is 1. The number of likely N-dealkylation sites (tertiary alicyclic amines) is 1. The van der Waals surface area contributed by atoms with Crippen LogP contribution in [0.5, 0.6) is 0 Å². The van der Waals surface area contributed by atoms with E-state index in [4.69, 9.17) is 4.74 Å². The van der Waals surface area contributed by atoms with Gasteiger partial charge in [-0.2, -0.15) is 4.31 Å². The van der Waals surface area contributed by atoms with Gasteiger partial charge in [0.15, 0.2) is 0 Å². The van der Waals surface area contributed by atoms with Crippen molar-refractivity contribution in [2.45, 2.75) is 81.9 Å². The Morgan fingerprint density at radius 3 is 2.27 bits per heavy atom. The van der Waals surface area contributed by atoms with Crippen molar-refractivity contribution in [2.75, 3.05) is 26.0 Å². The van der Waals surface area contributed by atoms with Crippen LogP contribution in [0.1, 0.15) is 64.2 Å². The number of hydrogen-bond donors (Lipinski definition) is 0. The molecule has 4 fully saturated rings. The molecule has 1 unspecified atom stereocenters. The van der Waals surface area contributed by atoms with Crippen LogP contribution in [-0.2, 0) is 19.6 Å². The van der Waals surface area contributed by atoms with Gasteiger partial charge in [-0.3, -0.25) is 4.79 Å². The lowest BCUT2D eigenvalue weighted by Gasteiger charge is -2.48. The van der Waals surface area contributed by atoms with Crippen molar-refractivity contribution in [3.8, 4) is 0 Å². The van der Waals surface area contributed by atoms with Gasteiger partial charge in [-0.15, -0.1) is 0 Å². The lowest BCUT2D eigenvalue weighted by Crippen LogP contribution is -2.56. The van der Waals surface area contributed by atoms with Gasteiger partial charge in [0, 0.05) is 37.7 Å². The molecule has 6 nitrogen and oxygen atoms in total. The zero-order chi connectivity index (χ0) is 18.4. The Morgan fingerprint density at radius 2 is 1.69 bits per heavy atom. The van der Waals surface area contributed by atoms with Crippen molar-refractivity contribution in [3.05, 3.63) is 0 Å². The van der Waals surface area contributed by atoms with E-state index in [0.717, 1.165) is 64.5 Å². The Labute approximate surface area is 157 Å². The highest BCUT2D eigenvalue weighted by atomic mass is 32.2. The summed E-state index contributed by atoms with van der Waals surface area (Å²) in [5.74, 6) is 0.570. The quantitative estimate of drug-likeness (QED) is 0.745.